The molecule has 1 atom stereocenters. The average molecular weight is 345 g/mol. The fourth-order valence-electron chi connectivity index (χ4n) is 2.12. The molecule has 1 aromatic carbocycles. The van der Waals surface area contributed by atoms with E-state index in [1.165, 1.54) is 0 Å². The second-order valence-corrected chi connectivity index (χ2v) is 5.77. The van der Waals surface area contributed by atoms with Crippen molar-refractivity contribution in [3.8, 4) is 5.75 Å². The van der Waals surface area contributed by atoms with Crippen LogP contribution in [0.25, 0.3) is 0 Å². The Morgan fingerprint density at radius 3 is 2.39 bits per heavy atom. The van der Waals surface area contributed by atoms with Crippen LogP contribution in [0.5, 0.6) is 5.75 Å². The molecule has 0 saturated heterocycles. The molecule has 3 N–H and O–H groups in total. The number of carbonyl (C=O) groups is 1. The predicted octanol–water partition coefficient (Wildman–Crippen LogP) is 3.23. The molecule has 0 fully saturated rings. The van der Waals surface area contributed by atoms with Gasteiger partial charge in [0.2, 0.25) is 5.91 Å². The van der Waals surface area contributed by atoms with Crippen LogP contribution in [0.3, 0.4) is 0 Å². The van der Waals surface area contributed by atoms with Crippen molar-refractivity contribution in [2.24, 2.45) is 11.7 Å². The summed E-state index contributed by atoms with van der Waals surface area (Å²) in [6.45, 7) is 7.77. The number of rotatable bonds is 10. The Kier molecular flexibility index (Phi) is 11.5. The molecule has 0 spiro atoms. The monoisotopic (exact) mass is 344 g/mol. The van der Waals surface area contributed by atoms with Crippen molar-refractivity contribution in [3.63, 3.8) is 0 Å². The first-order chi connectivity index (χ1) is 10.5. The van der Waals surface area contributed by atoms with Crippen molar-refractivity contribution in [1.82, 2.24) is 0 Å². The lowest BCUT2D eigenvalue weighted by Crippen LogP contribution is -2.18. The van der Waals surface area contributed by atoms with E-state index in [0.717, 1.165) is 17.9 Å². The average Bonchev–Trinajstić information content (AvgIpc) is 2.45. The van der Waals surface area contributed by atoms with E-state index in [-0.39, 0.29) is 24.4 Å². The molecule has 0 bridgehead atoms. The summed E-state index contributed by atoms with van der Waals surface area (Å²) in [6, 6.07) is 7.25. The third kappa shape index (κ3) is 10.2. The fraction of sp³-hybridized carbons (Fsp3) is 0.588. The van der Waals surface area contributed by atoms with Gasteiger partial charge < -0.3 is 20.5 Å². The van der Waals surface area contributed by atoms with Gasteiger partial charge in [-0.3, -0.25) is 4.79 Å². The topological polar surface area (TPSA) is 73.6 Å². The summed E-state index contributed by atoms with van der Waals surface area (Å²) in [4.78, 5) is 11.8. The molecule has 6 heteroatoms. The molecule has 1 amide bonds. The third-order valence-electron chi connectivity index (χ3n) is 3.06. The van der Waals surface area contributed by atoms with Gasteiger partial charge in [-0.2, -0.15) is 0 Å². The molecule has 5 nitrogen and oxygen atoms in total. The molecule has 1 unspecified atom stereocenters. The summed E-state index contributed by atoms with van der Waals surface area (Å²) in [6.07, 6.45) is 1.55. The SMILES string of the molecule is CC(C)CC(C)OCCC(=O)Nc1ccc(OCCN)cc1.Cl. The van der Waals surface area contributed by atoms with Gasteiger partial charge in [-0.1, -0.05) is 13.8 Å². The Morgan fingerprint density at radius 1 is 1.17 bits per heavy atom. The van der Waals surface area contributed by atoms with Crippen molar-refractivity contribution in [1.29, 1.82) is 0 Å². The van der Waals surface area contributed by atoms with Crippen molar-refractivity contribution in [3.05, 3.63) is 24.3 Å². The van der Waals surface area contributed by atoms with E-state index < -0.39 is 0 Å². The molecule has 0 radical (unpaired) electrons. The van der Waals surface area contributed by atoms with Gasteiger partial charge in [-0.05, 0) is 43.5 Å². The first kappa shape index (κ1) is 21.7. The maximum Gasteiger partial charge on any atom is 0.226 e. The highest BCUT2D eigenvalue weighted by atomic mass is 35.5. The Bertz CT molecular complexity index is 438. The van der Waals surface area contributed by atoms with Crippen LogP contribution in [0.2, 0.25) is 0 Å². The normalized spacial score (nSPS) is 11.7. The second-order valence-electron chi connectivity index (χ2n) is 5.77. The maximum atomic E-state index is 11.8. The van der Waals surface area contributed by atoms with Gasteiger partial charge in [0.05, 0.1) is 19.1 Å². The Balaban J connectivity index is 0.00000484. The molecule has 1 aromatic rings. The number of amides is 1. The van der Waals surface area contributed by atoms with Crippen LogP contribution in [-0.2, 0) is 9.53 Å². The largest absolute Gasteiger partial charge is 0.492 e. The minimum absolute atomic E-state index is 0. The standard InChI is InChI=1S/C17H28N2O3.ClH/c1-13(2)12-14(3)21-10-8-17(20)19-15-4-6-16(7-5-15)22-11-9-18;/h4-7,13-14H,8-12,18H2,1-3H3,(H,19,20);1H. The van der Waals surface area contributed by atoms with Gasteiger partial charge in [-0.15, -0.1) is 12.4 Å². The number of halogens is 1. The van der Waals surface area contributed by atoms with Gasteiger partial charge in [-0.25, -0.2) is 0 Å². The van der Waals surface area contributed by atoms with Gasteiger partial charge >= 0.3 is 0 Å². The molecule has 0 heterocycles. The summed E-state index contributed by atoms with van der Waals surface area (Å²) in [5.74, 6) is 1.30. The quantitative estimate of drug-likeness (QED) is 0.683. The lowest BCUT2D eigenvalue weighted by molar-refractivity contribution is -0.117. The van der Waals surface area contributed by atoms with Crippen LogP contribution in [0.4, 0.5) is 5.69 Å². The van der Waals surface area contributed by atoms with Crippen LogP contribution in [0.1, 0.15) is 33.6 Å². The molecule has 0 aliphatic rings. The Labute approximate surface area is 145 Å². The van der Waals surface area contributed by atoms with Gasteiger partial charge in [0.15, 0.2) is 0 Å². The van der Waals surface area contributed by atoms with Gasteiger partial charge in [0, 0.05) is 12.2 Å². The Morgan fingerprint density at radius 2 is 1.83 bits per heavy atom. The highest BCUT2D eigenvalue weighted by Crippen LogP contribution is 2.15. The summed E-state index contributed by atoms with van der Waals surface area (Å²) in [7, 11) is 0. The summed E-state index contributed by atoms with van der Waals surface area (Å²) >= 11 is 0. The van der Waals surface area contributed by atoms with Crippen LogP contribution >= 0.6 is 12.4 Å². The number of nitrogens with two attached hydrogens (primary N) is 1. The number of hydrogen-bond donors (Lipinski definition) is 2. The summed E-state index contributed by atoms with van der Waals surface area (Å²) in [5.41, 5.74) is 6.12. The lowest BCUT2D eigenvalue weighted by atomic mass is 10.1. The first-order valence-electron chi connectivity index (χ1n) is 7.85. The second kappa shape index (κ2) is 12.2. The van der Waals surface area contributed by atoms with E-state index >= 15 is 0 Å². The lowest BCUT2D eigenvalue weighted by Gasteiger charge is -2.15. The van der Waals surface area contributed by atoms with E-state index in [1.807, 2.05) is 31.2 Å². The highest BCUT2D eigenvalue weighted by molar-refractivity contribution is 5.90. The zero-order valence-corrected chi connectivity index (χ0v) is 15.0. The Hall–Kier alpha value is -1.30. The highest BCUT2D eigenvalue weighted by Gasteiger charge is 2.07. The first-order valence-corrected chi connectivity index (χ1v) is 7.85. The zero-order valence-electron chi connectivity index (χ0n) is 14.2. The molecular weight excluding hydrogens is 316 g/mol. The summed E-state index contributed by atoms with van der Waals surface area (Å²) in [5, 5.41) is 2.84. The van der Waals surface area contributed by atoms with Crippen molar-refractivity contribution in [2.75, 3.05) is 25.1 Å². The van der Waals surface area contributed by atoms with Crippen LogP contribution < -0.4 is 15.8 Å². The van der Waals surface area contributed by atoms with Gasteiger partial charge in [0.1, 0.15) is 12.4 Å². The molecule has 1 rings (SSSR count). The molecule has 0 aromatic heterocycles. The molecule has 0 saturated carbocycles. The number of anilines is 1. The molecule has 0 aliphatic heterocycles. The smallest absolute Gasteiger partial charge is 0.226 e. The predicted molar refractivity (Wildman–Crippen MR) is 96.4 cm³/mol. The van der Waals surface area contributed by atoms with Crippen molar-refractivity contribution < 1.29 is 14.3 Å². The van der Waals surface area contributed by atoms with Crippen LogP contribution in [-0.4, -0.2) is 31.8 Å². The van der Waals surface area contributed by atoms with Crippen molar-refractivity contribution >= 4 is 24.0 Å². The van der Waals surface area contributed by atoms with E-state index in [0.29, 0.717) is 32.1 Å². The number of benzene rings is 1. The number of carbonyl (C=O) groups excluding carboxylic acids is 1. The number of hydrogen-bond acceptors (Lipinski definition) is 4. The molecule has 132 valence electrons. The van der Waals surface area contributed by atoms with E-state index in [4.69, 9.17) is 15.2 Å². The summed E-state index contributed by atoms with van der Waals surface area (Å²) < 4.78 is 11.0. The van der Waals surface area contributed by atoms with Crippen LogP contribution in [0, 0.1) is 5.92 Å². The minimum atomic E-state index is -0.0487. The van der Waals surface area contributed by atoms with E-state index in [1.54, 1.807) is 0 Å². The van der Waals surface area contributed by atoms with Crippen LogP contribution in [0.15, 0.2) is 24.3 Å². The van der Waals surface area contributed by atoms with Crippen molar-refractivity contribution in [2.45, 2.75) is 39.7 Å². The fourth-order valence-corrected chi connectivity index (χ4v) is 2.12. The maximum absolute atomic E-state index is 11.8. The minimum Gasteiger partial charge on any atom is -0.492 e. The molecule has 0 aliphatic carbocycles. The molecule has 23 heavy (non-hydrogen) atoms. The zero-order chi connectivity index (χ0) is 16.4. The number of nitrogens with one attached hydrogen (secondary N) is 1. The molecular formula is C17H29ClN2O3. The third-order valence-corrected chi connectivity index (χ3v) is 3.06. The number of ether oxygens (including phenoxy) is 2. The van der Waals surface area contributed by atoms with E-state index in [9.17, 15) is 4.79 Å². The van der Waals surface area contributed by atoms with Gasteiger partial charge in [0.25, 0.3) is 0 Å². The van der Waals surface area contributed by atoms with E-state index in [2.05, 4.69) is 19.2 Å².